The molecule has 1 heterocycles. The largest absolute Gasteiger partial charge is 0.394 e. The van der Waals surface area contributed by atoms with Gasteiger partial charge in [0.2, 0.25) is 5.91 Å². The van der Waals surface area contributed by atoms with Crippen LogP contribution in [0, 0.1) is 0 Å². The second-order valence-electron chi connectivity index (χ2n) is 25.0. The summed E-state index contributed by atoms with van der Waals surface area (Å²) in [6.45, 7) is 3.82. The molecule has 1 saturated heterocycles. The third kappa shape index (κ3) is 50.3. The van der Waals surface area contributed by atoms with Gasteiger partial charge in [-0.05, 0) is 44.9 Å². The average molecular weight is 1140 g/mol. The van der Waals surface area contributed by atoms with Gasteiger partial charge in [-0.2, -0.15) is 0 Å². The maximum Gasteiger partial charge on any atom is 0.220 e. The lowest BCUT2D eigenvalue weighted by atomic mass is 9.99. The van der Waals surface area contributed by atoms with Crippen LogP contribution in [0.3, 0.4) is 0 Å². The maximum absolute atomic E-state index is 13.1. The van der Waals surface area contributed by atoms with Crippen molar-refractivity contribution in [3.63, 3.8) is 0 Å². The summed E-state index contributed by atoms with van der Waals surface area (Å²) in [5.41, 5.74) is 0. The third-order valence-corrected chi connectivity index (χ3v) is 17.2. The number of hydrogen-bond acceptors (Lipinski definition) is 8. The lowest BCUT2D eigenvalue weighted by Gasteiger charge is -2.40. The molecule has 0 bridgehead atoms. The molecule has 0 spiro atoms. The van der Waals surface area contributed by atoms with E-state index in [4.69, 9.17) is 9.47 Å². The summed E-state index contributed by atoms with van der Waals surface area (Å²) in [5.74, 6) is -0.183. The Kier molecular flexibility index (Phi) is 58.8. The van der Waals surface area contributed by atoms with Gasteiger partial charge in [0.15, 0.2) is 6.29 Å². The molecular formula is C72H137NO8. The van der Waals surface area contributed by atoms with Crippen LogP contribution < -0.4 is 5.32 Å². The van der Waals surface area contributed by atoms with E-state index < -0.39 is 49.5 Å². The summed E-state index contributed by atoms with van der Waals surface area (Å²) in [4.78, 5) is 13.1. The molecular weight excluding hydrogens is 1010 g/mol. The van der Waals surface area contributed by atoms with Crippen LogP contribution in [0.2, 0.25) is 0 Å². The molecule has 81 heavy (non-hydrogen) atoms. The molecule has 0 saturated carbocycles. The Balaban J connectivity index is 2.15. The number of hydrogen-bond donors (Lipinski definition) is 6. The minimum Gasteiger partial charge on any atom is -0.394 e. The van der Waals surface area contributed by atoms with Gasteiger partial charge < -0.3 is 40.3 Å². The zero-order chi connectivity index (χ0) is 58.6. The van der Waals surface area contributed by atoms with Crippen LogP contribution in [0.1, 0.15) is 361 Å². The average Bonchev–Trinajstić information content (AvgIpc) is 3.50. The summed E-state index contributed by atoms with van der Waals surface area (Å²) in [6.07, 6.45) is 75.5. The molecule has 0 aliphatic carbocycles. The van der Waals surface area contributed by atoms with E-state index in [2.05, 4.69) is 43.5 Å². The number of unbranched alkanes of at least 4 members (excludes halogenated alkanes) is 49. The van der Waals surface area contributed by atoms with E-state index in [-0.39, 0.29) is 12.5 Å². The van der Waals surface area contributed by atoms with Crippen LogP contribution in [-0.4, -0.2) is 87.5 Å². The first-order valence-corrected chi connectivity index (χ1v) is 35.7. The van der Waals surface area contributed by atoms with Crippen molar-refractivity contribution in [3.8, 4) is 0 Å². The van der Waals surface area contributed by atoms with Gasteiger partial charge in [0, 0.05) is 6.42 Å². The van der Waals surface area contributed by atoms with Crippen molar-refractivity contribution in [2.75, 3.05) is 13.2 Å². The molecule has 9 nitrogen and oxygen atoms in total. The first-order chi connectivity index (χ1) is 39.8. The quantitative estimate of drug-likeness (QED) is 0.0261. The molecule has 1 aliphatic heterocycles. The van der Waals surface area contributed by atoms with Crippen LogP contribution in [-0.2, 0) is 14.3 Å². The molecule has 0 aromatic carbocycles. The first-order valence-electron chi connectivity index (χ1n) is 35.7. The minimum absolute atomic E-state index is 0.183. The summed E-state index contributed by atoms with van der Waals surface area (Å²) in [5, 5.41) is 54.7. The smallest absolute Gasteiger partial charge is 0.220 e. The highest BCUT2D eigenvalue weighted by Gasteiger charge is 2.44. The van der Waals surface area contributed by atoms with Crippen LogP contribution >= 0.6 is 0 Å². The molecule has 7 unspecified atom stereocenters. The van der Waals surface area contributed by atoms with Gasteiger partial charge in [-0.1, -0.05) is 346 Å². The number of carbonyl (C=O) groups is 1. The second-order valence-corrected chi connectivity index (χ2v) is 25.0. The highest BCUT2D eigenvalue weighted by molar-refractivity contribution is 5.76. The molecule has 0 aromatic heterocycles. The molecule has 1 amide bonds. The molecule has 7 atom stereocenters. The fraction of sp³-hybridized carbons (Fsp3) is 0.903. The second kappa shape index (κ2) is 61.5. The van der Waals surface area contributed by atoms with Crippen molar-refractivity contribution >= 4 is 5.91 Å². The topological polar surface area (TPSA) is 149 Å². The van der Waals surface area contributed by atoms with Gasteiger partial charge in [0.1, 0.15) is 24.4 Å². The standard InChI is InChI=1S/C72H137NO8/c1-3-5-7-9-11-13-15-17-19-21-23-25-27-29-31-33-35-37-39-41-43-45-47-49-51-53-55-57-59-61-66(75)65(64-80-72-71(79)70(78)69(77)67(63-74)81-72)73-68(76)62-60-58-56-54-52-50-48-46-44-42-40-38-36-34-32-30-28-26-24-22-20-18-16-14-12-10-8-6-4-2/h43,45,51,53,59,61,65-67,69-72,74-75,77-79H,3-42,44,46-50,52,54-58,60,62-64H2,1-2H3,(H,73,76)/b45-43+,53-51+,61-59+. The highest BCUT2D eigenvalue weighted by atomic mass is 16.7. The van der Waals surface area contributed by atoms with E-state index in [1.807, 2.05) is 6.08 Å². The fourth-order valence-corrected chi connectivity index (χ4v) is 11.6. The van der Waals surface area contributed by atoms with Gasteiger partial charge >= 0.3 is 0 Å². The zero-order valence-electron chi connectivity index (χ0n) is 53.6. The third-order valence-electron chi connectivity index (χ3n) is 17.2. The molecule has 6 N–H and O–H groups in total. The van der Waals surface area contributed by atoms with E-state index in [1.165, 1.54) is 295 Å². The van der Waals surface area contributed by atoms with Crippen LogP contribution in [0.5, 0.6) is 0 Å². The Morgan fingerprint density at radius 3 is 1.04 bits per heavy atom. The normalized spacial score (nSPS) is 18.5. The molecule has 1 aliphatic rings. The van der Waals surface area contributed by atoms with Crippen molar-refractivity contribution in [2.45, 2.75) is 403 Å². The molecule has 478 valence electrons. The number of carbonyl (C=O) groups excluding carboxylic acids is 1. The van der Waals surface area contributed by atoms with Crippen LogP contribution in [0.15, 0.2) is 36.5 Å². The van der Waals surface area contributed by atoms with Gasteiger partial charge in [-0.25, -0.2) is 0 Å². The van der Waals surface area contributed by atoms with Gasteiger partial charge in [0.05, 0.1) is 25.4 Å². The highest BCUT2D eigenvalue weighted by Crippen LogP contribution is 2.23. The van der Waals surface area contributed by atoms with Crippen molar-refractivity contribution < 1.29 is 39.8 Å². The lowest BCUT2D eigenvalue weighted by Crippen LogP contribution is -2.60. The predicted octanol–water partition coefficient (Wildman–Crippen LogP) is 19.4. The van der Waals surface area contributed by atoms with E-state index in [9.17, 15) is 30.3 Å². The summed E-state index contributed by atoms with van der Waals surface area (Å²) >= 11 is 0. The Labute approximate surface area is 501 Å². The van der Waals surface area contributed by atoms with Gasteiger partial charge in [-0.3, -0.25) is 4.79 Å². The first kappa shape index (κ1) is 77.4. The van der Waals surface area contributed by atoms with Crippen LogP contribution in [0.4, 0.5) is 0 Å². The van der Waals surface area contributed by atoms with Crippen molar-refractivity contribution in [2.24, 2.45) is 0 Å². The Bertz CT molecular complexity index is 1370. The summed E-state index contributed by atoms with van der Waals surface area (Å²) < 4.78 is 11.3. The molecule has 0 aromatic rings. The van der Waals surface area contributed by atoms with Crippen molar-refractivity contribution in [1.29, 1.82) is 0 Å². The number of aliphatic hydroxyl groups excluding tert-OH is 5. The van der Waals surface area contributed by atoms with Crippen LogP contribution in [0.25, 0.3) is 0 Å². The van der Waals surface area contributed by atoms with E-state index in [0.717, 1.165) is 44.9 Å². The molecule has 0 radical (unpaired) electrons. The lowest BCUT2D eigenvalue weighted by molar-refractivity contribution is -0.302. The van der Waals surface area contributed by atoms with Gasteiger partial charge in [-0.15, -0.1) is 0 Å². The van der Waals surface area contributed by atoms with Crippen molar-refractivity contribution in [3.05, 3.63) is 36.5 Å². The number of aliphatic hydroxyl groups is 5. The van der Waals surface area contributed by atoms with E-state index in [1.54, 1.807) is 6.08 Å². The van der Waals surface area contributed by atoms with E-state index in [0.29, 0.717) is 6.42 Å². The number of rotatable bonds is 63. The molecule has 9 heteroatoms. The SMILES string of the molecule is CCCCCCCCCCCCCCCCCCCCC/C=C/CC/C=C/CC/C=C/C(O)C(COC1OC(CO)C(O)C(O)C1O)NC(=O)CCCCCCCCCCCCCCCCCCCCCCCCCCCCCCC. The number of ether oxygens (including phenoxy) is 2. The molecule has 1 fully saturated rings. The number of amides is 1. The number of allylic oxidation sites excluding steroid dienone is 5. The Morgan fingerprint density at radius 2 is 0.704 bits per heavy atom. The Hall–Kier alpha value is -1.59. The summed E-state index contributed by atoms with van der Waals surface area (Å²) in [6, 6.07) is -0.828. The molecule has 1 rings (SSSR count). The Morgan fingerprint density at radius 1 is 0.407 bits per heavy atom. The summed E-state index contributed by atoms with van der Waals surface area (Å²) in [7, 11) is 0. The van der Waals surface area contributed by atoms with E-state index >= 15 is 0 Å². The monoisotopic (exact) mass is 1140 g/mol. The zero-order valence-corrected chi connectivity index (χ0v) is 53.6. The maximum atomic E-state index is 13.1. The van der Waals surface area contributed by atoms with Gasteiger partial charge in [0.25, 0.3) is 0 Å². The number of nitrogens with one attached hydrogen (secondary N) is 1. The van der Waals surface area contributed by atoms with Crippen molar-refractivity contribution in [1.82, 2.24) is 5.32 Å². The minimum atomic E-state index is -1.57. The fourth-order valence-electron chi connectivity index (χ4n) is 11.6. The predicted molar refractivity (Wildman–Crippen MR) is 346 cm³/mol.